The van der Waals surface area contributed by atoms with Crippen molar-refractivity contribution in [3.05, 3.63) is 36.1 Å². The van der Waals surface area contributed by atoms with Gasteiger partial charge in [0.25, 0.3) is 0 Å². The summed E-state index contributed by atoms with van der Waals surface area (Å²) in [6, 6.07) is 11.6. The molecule has 4 rings (SSSR count). The standard InChI is InChI=1S/C18H24N2O/c1-13(18-10-15-4-2-3-5-17(15)21-18)19-11-14-8-9-20(12-14)16-6-7-16/h2-5,10,13-14,16,19H,6-9,11-12H2,1H3. The smallest absolute Gasteiger partial charge is 0.134 e. The van der Waals surface area contributed by atoms with Gasteiger partial charge in [0.05, 0.1) is 6.04 Å². The average molecular weight is 284 g/mol. The fourth-order valence-corrected chi connectivity index (χ4v) is 3.46. The highest BCUT2D eigenvalue weighted by Crippen LogP contribution is 2.31. The van der Waals surface area contributed by atoms with Crippen LogP contribution in [0.3, 0.4) is 0 Å². The molecule has 1 aliphatic heterocycles. The van der Waals surface area contributed by atoms with Crippen LogP contribution in [0.25, 0.3) is 11.0 Å². The Labute approximate surface area is 126 Å². The van der Waals surface area contributed by atoms with E-state index in [1.54, 1.807) is 0 Å². The molecule has 2 aromatic rings. The largest absolute Gasteiger partial charge is 0.459 e. The normalized spacial score (nSPS) is 24.7. The lowest BCUT2D eigenvalue weighted by Crippen LogP contribution is -2.29. The first-order chi connectivity index (χ1) is 10.3. The molecule has 112 valence electrons. The molecule has 0 amide bonds. The summed E-state index contributed by atoms with van der Waals surface area (Å²) in [5, 5.41) is 4.86. The molecule has 2 aliphatic rings. The second kappa shape index (κ2) is 5.47. The SMILES string of the molecule is CC(NCC1CCN(C2CC2)C1)c1cc2ccccc2o1. The fourth-order valence-electron chi connectivity index (χ4n) is 3.46. The lowest BCUT2D eigenvalue weighted by molar-refractivity contribution is 0.308. The number of para-hydroxylation sites is 1. The maximum Gasteiger partial charge on any atom is 0.134 e. The molecule has 0 radical (unpaired) electrons. The molecule has 1 aromatic heterocycles. The van der Waals surface area contributed by atoms with E-state index >= 15 is 0 Å². The molecule has 21 heavy (non-hydrogen) atoms. The minimum absolute atomic E-state index is 0.285. The van der Waals surface area contributed by atoms with Crippen LogP contribution in [0.5, 0.6) is 0 Å². The molecule has 1 saturated heterocycles. The Morgan fingerprint density at radius 1 is 1.29 bits per heavy atom. The Kier molecular flexibility index (Phi) is 3.48. The number of rotatable bonds is 5. The monoisotopic (exact) mass is 284 g/mol. The van der Waals surface area contributed by atoms with E-state index in [-0.39, 0.29) is 6.04 Å². The van der Waals surface area contributed by atoms with Crippen LogP contribution in [-0.4, -0.2) is 30.6 Å². The van der Waals surface area contributed by atoms with Gasteiger partial charge in [-0.25, -0.2) is 0 Å². The first kappa shape index (κ1) is 13.4. The summed E-state index contributed by atoms with van der Waals surface area (Å²) < 4.78 is 5.94. The summed E-state index contributed by atoms with van der Waals surface area (Å²) >= 11 is 0. The fraction of sp³-hybridized carbons (Fsp3) is 0.556. The third-order valence-electron chi connectivity index (χ3n) is 4.96. The highest BCUT2D eigenvalue weighted by Gasteiger charge is 2.34. The Morgan fingerprint density at radius 2 is 2.14 bits per heavy atom. The number of hydrogen-bond acceptors (Lipinski definition) is 3. The van der Waals surface area contributed by atoms with E-state index in [1.165, 1.54) is 37.7 Å². The van der Waals surface area contributed by atoms with Crippen LogP contribution in [0.1, 0.15) is 38.0 Å². The number of nitrogens with one attached hydrogen (secondary N) is 1. The van der Waals surface area contributed by atoms with E-state index in [0.717, 1.165) is 29.8 Å². The van der Waals surface area contributed by atoms with Gasteiger partial charge in [-0.15, -0.1) is 0 Å². The van der Waals surface area contributed by atoms with Gasteiger partial charge in [-0.2, -0.15) is 0 Å². The molecule has 3 heteroatoms. The molecule has 2 fully saturated rings. The predicted octanol–water partition coefficient (Wildman–Crippen LogP) is 3.57. The number of fused-ring (bicyclic) bond motifs is 1. The zero-order chi connectivity index (χ0) is 14.2. The average Bonchev–Trinajstić information content (AvgIpc) is 3.09. The molecule has 1 aliphatic carbocycles. The number of likely N-dealkylation sites (tertiary alicyclic amines) is 1. The summed E-state index contributed by atoms with van der Waals surface area (Å²) in [6.45, 7) is 5.88. The highest BCUT2D eigenvalue weighted by molar-refractivity contribution is 5.77. The molecule has 3 nitrogen and oxygen atoms in total. The topological polar surface area (TPSA) is 28.4 Å². The maximum absolute atomic E-state index is 5.94. The van der Waals surface area contributed by atoms with Crippen LogP contribution >= 0.6 is 0 Å². The van der Waals surface area contributed by atoms with Crippen molar-refractivity contribution >= 4 is 11.0 Å². The molecule has 0 bridgehead atoms. The molecular formula is C18H24N2O. The van der Waals surface area contributed by atoms with Crippen LogP contribution in [-0.2, 0) is 0 Å². The molecule has 1 saturated carbocycles. The number of furan rings is 1. The van der Waals surface area contributed by atoms with E-state index in [4.69, 9.17) is 4.42 Å². The Morgan fingerprint density at radius 3 is 2.95 bits per heavy atom. The summed E-state index contributed by atoms with van der Waals surface area (Å²) in [5.74, 6) is 1.85. The number of nitrogens with zero attached hydrogens (tertiary/aromatic N) is 1. The third-order valence-corrected chi connectivity index (χ3v) is 4.96. The lowest BCUT2D eigenvalue weighted by Gasteiger charge is -2.17. The highest BCUT2D eigenvalue weighted by atomic mass is 16.3. The van der Waals surface area contributed by atoms with Crippen LogP contribution in [0.4, 0.5) is 0 Å². The Bertz CT molecular complexity index is 583. The molecule has 1 N–H and O–H groups in total. The third kappa shape index (κ3) is 2.85. The van der Waals surface area contributed by atoms with Crippen LogP contribution in [0.15, 0.2) is 34.7 Å². The molecule has 2 atom stereocenters. The second-order valence-corrected chi connectivity index (χ2v) is 6.70. The van der Waals surface area contributed by atoms with Crippen molar-refractivity contribution in [1.29, 1.82) is 0 Å². The zero-order valence-electron chi connectivity index (χ0n) is 12.7. The van der Waals surface area contributed by atoms with Crippen molar-refractivity contribution in [1.82, 2.24) is 10.2 Å². The van der Waals surface area contributed by atoms with Crippen molar-refractivity contribution < 1.29 is 4.42 Å². The summed E-state index contributed by atoms with van der Waals surface area (Å²) in [4.78, 5) is 2.68. The van der Waals surface area contributed by atoms with Crippen LogP contribution in [0, 0.1) is 5.92 Å². The molecule has 1 aromatic carbocycles. The van der Waals surface area contributed by atoms with Crippen LogP contribution in [0.2, 0.25) is 0 Å². The molecular weight excluding hydrogens is 260 g/mol. The first-order valence-corrected chi connectivity index (χ1v) is 8.25. The van der Waals surface area contributed by atoms with Gasteiger partial charge in [-0.1, -0.05) is 18.2 Å². The van der Waals surface area contributed by atoms with Gasteiger partial charge in [-0.05, 0) is 57.3 Å². The van der Waals surface area contributed by atoms with Crippen molar-refractivity contribution in [2.45, 2.75) is 38.3 Å². The predicted molar refractivity (Wildman–Crippen MR) is 85.3 cm³/mol. The van der Waals surface area contributed by atoms with E-state index in [0.29, 0.717) is 0 Å². The molecule has 2 heterocycles. The van der Waals surface area contributed by atoms with E-state index < -0.39 is 0 Å². The Hall–Kier alpha value is -1.32. The van der Waals surface area contributed by atoms with Gasteiger partial charge in [0.2, 0.25) is 0 Å². The van der Waals surface area contributed by atoms with Gasteiger partial charge < -0.3 is 14.6 Å². The van der Waals surface area contributed by atoms with Crippen LogP contribution < -0.4 is 5.32 Å². The zero-order valence-corrected chi connectivity index (χ0v) is 12.7. The molecule has 0 spiro atoms. The van der Waals surface area contributed by atoms with Gasteiger partial charge in [0, 0.05) is 18.0 Å². The summed E-state index contributed by atoms with van der Waals surface area (Å²) in [5.41, 5.74) is 0.988. The van der Waals surface area contributed by atoms with Crippen molar-refractivity contribution in [2.24, 2.45) is 5.92 Å². The lowest BCUT2D eigenvalue weighted by atomic mass is 10.1. The van der Waals surface area contributed by atoms with E-state index in [1.807, 2.05) is 12.1 Å². The van der Waals surface area contributed by atoms with E-state index in [2.05, 4.69) is 35.3 Å². The number of hydrogen-bond donors (Lipinski definition) is 1. The van der Waals surface area contributed by atoms with Gasteiger partial charge >= 0.3 is 0 Å². The van der Waals surface area contributed by atoms with Crippen molar-refractivity contribution in [3.8, 4) is 0 Å². The van der Waals surface area contributed by atoms with Gasteiger partial charge in [0.1, 0.15) is 11.3 Å². The van der Waals surface area contributed by atoms with Gasteiger partial charge in [0.15, 0.2) is 0 Å². The minimum Gasteiger partial charge on any atom is -0.459 e. The van der Waals surface area contributed by atoms with Gasteiger partial charge in [-0.3, -0.25) is 0 Å². The molecule has 2 unspecified atom stereocenters. The number of benzene rings is 1. The van der Waals surface area contributed by atoms with E-state index in [9.17, 15) is 0 Å². The summed E-state index contributed by atoms with van der Waals surface area (Å²) in [6.07, 6.45) is 4.20. The minimum atomic E-state index is 0.285. The maximum atomic E-state index is 5.94. The van der Waals surface area contributed by atoms with Crippen molar-refractivity contribution in [2.75, 3.05) is 19.6 Å². The Balaban J connectivity index is 1.34. The first-order valence-electron chi connectivity index (χ1n) is 8.25. The second-order valence-electron chi connectivity index (χ2n) is 6.70. The van der Waals surface area contributed by atoms with Crippen molar-refractivity contribution in [3.63, 3.8) is 0 Å². The quantitative estimate of drug-likeness (QED) is 0.910. The summed E-state index contributed by atoms with van der Waals surface area (Å²) in [7, 11) is 0.